The average molecular weight is 455 g/mol. The summed E-state index contributed by atoms with van der Waals surface area (Å²) in [5, 5.41) is 9.52. The van der Waals surface area contributed by atoms with Gasteiger partial charge in [-0.3, -0.25) is 0 Å². The molecule has 0 amide bonds. The molecule has 7 heteroatoms. The van der Waals surface area contributed by atoms with Crippen LogP contribution in [0.2, 0.25) is 0 Å². The zero-order valence-electron chi connectivity index (χ0n) is 19.8. The van der Waals surface area contributed by atoms with Crippen molar-refractivity contribution in [2.45, 2.75) is 13.8 Å². The summed E-state index contributed by atoms with van der Waals surface area (Å²) in [6, 6.07) is 19.6. The maximum absolute atomic E-state index is 9.52. The van der Waals surface area contributed by atoms with Crippen LogP contribution >= 0.6 is 0 Å². The number of piperazine rings is 1. The van der Waals surface area contributed by atoms with Crippen LogP contribution in [0.3, 0.4) is 0 Å². The third kappa shape index (κ3) is 4.22. The summed E-state index contributed by atoms with van der Waals surface area (Å²) in [5.74, 6) is 1.87. The van der Waals surface area contributed by atoms with Crippen molar-refractivity contribution in [2.75, 3.05) is 38.1 Å². The summed E-state index contributed by atoms with van der Waals surface area (Å²) >= 11 is 0. The molecule has 1 saturated heterocycles. The van der Waals surface area contributed by atoms with Crippen LogP contribution in [0.25, 0.3) is 44.8 Å². The number of phenols is 1. The highest BCUT2D eigenvalue weighted by atomic mass is 16.3. The Bertz CT molecular complexity index is 1410. The lowest BCUT2D eigenvalue weighted by atomic mass is 10.2. The second-order valence-electron chi connectivity index (χ2n) is 8.44. The van der Waals surface area contributed by atoms with Crippen molar-refractivity contribution in [2.24, 2.45) is 0 Å². The molecule has 34 heavy (non-hydrogen) atoms. The number of nitrogens with zero attached hydrogens (tertiary/aromatic N) is 4. The van der Waals surface area contributed by atoms with Crippen molar-refractivity contribution < 1.29 is 5.11 Å². The average Bonchev–Trinajstić information content (AvgIpc) is 3.49. The van der Waals surface area contributed by atoms with E-state index < -0.39 is 0 Å². The van der Waals surface area contributed by atoms with Crippen LogP contribution in [0.1, 0.15) is 13.8 Å². The molecule has 0 aliphatic carbocycles. The molecule has 0 spiro atoms. The van der Waals surface area contributed by atoms with Gasteiger partial charge in [-0.15, -0.1) is 0 Å². The van der Waals surface area contributed by atoms with Gasteiger partial charge in [0.25, 0.3) is 0 Å². The minimum atomic E-state index is 0.243. The molecule has 3 heterocycles. The van der Waals surface area contributed by atoms with Gasteiger partial charge < -0.3 is 24.9 Å². The zero-order valence-corrected chi connectivity index (χ0v) is 19.8. The Kier molecular flexibility index (Phi) is 5.94. The molecular weight excluding hydrogens is 424 g/mol. The minimum absolute atomic E-state index is 0.243. The van der Waals surface area contributed by atoms with E-state index in [4.69, 9.17) is 4.98 Å². The molecule has 1 aliphatic heterocycles. The smallest absolute Gasteiger partial charge is 0.138 e. The van der Waals surface area contributed by atoms with Crippen molar-refractivity contribution in [1.82, 2.24) is 24.8 Å². The monoisotopic (exact) mass is 454 g/mol. The van der Waals surface area contributed by atoms with Gasteiger partial charge in [-0.25, -0.2) is 9.97 Å². The molecule has 0 atom stereocenters. The largest absolute Gasteiger partial charge is 0.508 e. The Morgan fingerprint density at radius 3 is 1.94 bits per heavy atom. The van der Waals surface area contributed by atoms with Gasteiger partial charge in [0, 0.05) is 43.0 Å². The number of H-pyrrole nitrogens is 2. The van der Waals surface area contributed by atoms with Crippen LogP contribution in [0.4, 0.5) is 5.69 Å². The first-order chi connectivity index (χ1) is 16.6. The van der Waals surface area contributed by atoms with Crippen LogP contribution in [0, 0.1) is 0 Å². The van der Waals surface area contributed by atoms with Crippen molar-refractivity contribution in [3.05, 3.63) is 60.7 Å². The highest BCUT2D eigenvalue weighted by Gasteiger charge is 2.16. The van der Waals surface area contributed by atoms with E-state index in [-0.39, 0.29) is 5.75 Å². The molecule has 3 N–H and O–H groups in total. The normalized spacial score (nSPS) is 14.4. The van der Waals surface area contributed by atoms with Gasteiger partial charge in [0.05, 0.1) is 22.1 Å². The van der Waals surface area contributed by atoms with Crippen LogP contribution in [0.15, 0.2) is 60.7 Å². The summed E-state index contributed by atoms with van der Waals surface area (Å²) in [5.41, 5.74) is 7.03. The molecule has 6 rings (SSSR count). The van der Waals surface area contributed by atoms with Gasteiger partial charge in [-0.1, -0.05) is 13.8 Å². The number of phenolic OH excluding ortho intramolecular Hbond substituents is 1. The van der Waals surface area contributed by atoms with E-state index in [1.807, 2.05) is 38.1 Å². The minimum Gasteiger partial charge on any atom is -0.508 e. The molecule has 1 aliphatic rings. The predicted molar refractivity (Wildman–Crippen MR) is 139 cm³/mol. The van der Waals surface area contributed by atoms with Crippen molar-refractivity contribution in [1.29, 1.82) is 0 Å². The lowest BCUT2D eigenvalue weighted by Gasteiger charge is -2.34. The van der Waals surface area contributed by atoms with Crippen LogP contribution in [0.5, 0.6) is 5.75 Å². The number of anilines is 1. The Balaban J connectivity index is 0.00000117. The van der Waals surface area contributed by atoms with Crippen molar-refractivity contribution >= 4 is 27.8 Å². The van der Waals surface area contributed by atoms with E-state index >= 15 is 0 Å². The van der Waals surface area contributed by atoms with E-state index in [1.165, 1.54) is 5.69 Å². The van der Waals surface area contributed by atoms with Gasteiger partial charge in [0.1, 0.15) is 17.4 Å². The van der Waals surface area contributed by atoms with Gasteiger partial charge in [0.15, 0.2) is 0 Å². The lowest BCUT2D eigenvalue weighted by molar-refractivity contribution is 0.313. The lowest BCUT2D eigenvalue weighted by Crippen LogP contribution is -2.44. The van der Waals surface area contributed by atoms with Crippen molar-refractivity contribution in [3.8, 4) is 28.5 Å². The number of aromatic hydroxyl groups is 1. The number of rotatable bonds is 3. The fourth-order valence-corrected chi connectivity index (χ4v) is 4.31. The molecule has 0 saturated carbocycles. The number of likely N-dealkylation sites (N-methyl/N-ethyl adjacent to an activating group) is 1. The first kappa shape index (κ1) is 22.0. The number of aromatic nitrogens is 4. The Labute approximate surface area is 199 Å². The van der Waals surface area contributed by atoms with E-state index in [0.717, 1.165) is 71.0 Å². The number of aromatic amines is 2. The fraction of sp³-hybridized carbons (Fsp3) is 0.259. The Hall–Kier alpha value is -3.84. The quantitative estimate of drug-likeness (QED) is 0.346. The molecule has 3 aromatic carbocycles. The molecule has 7 nitrogen and oxygen atoms in total. The maximum Gasteiger partial charge on any atom is 0.138 e. The zero-order chi connectivity index (χ0) is 23.7. The predicted octanol–water partition coefficient (Wildman–Crippen LogP) is 5.26. The second kappa shape index (κ2) is 9.19. The molecule has 174 valence electrons. The molecule has 5 aromatic rings. The van der Waals surface area contributed by atoms with Crippen molar-refractivity contribution in [3.63, 3.8) is 0 Å². The molecule has 2 aromatic heterocycles. The molecule has 0 bridgehead atoms. The van der Waals surface area contributed by atoms with Crippen LogP contribution in [-0.2, 0) is 0 Å². The molecule has 1 fully saturated rings. The van der Waals surface area contributed by atoms with E-state index in [2.05, 4.69) is 56.1 Å². The van der Waals surface area contributed by atoms with Crippen LogP contribution < -0.4 is 4.90 Å². The second-order valence-corrected chi connectivity index (χ2v) is 8.44. The van der Waals surface area contributed by atoms with E-state index in [1.54, 1.807) is 12.1 Å². The number of benzene rings is 3. The molecule has 0 radical (unpaired) electrons. The highest BCUT2D eigenvalue weighted by Crippen LogP contribution is 2.28. The Morgan fingerprint density at radius 2 is 1.26 bits per heavy atom. The summed E-state index contributed by atoms with van der Waals surface area (Å²) < 4.78 is 0. The first-order valence-corrected chi connectivity index (χ1v) is 11.9. The van der Waals surface area contributed by atoms with E-state index in [0.29, 0.717) is 0 Å². The highest BCUT2D eigenvalue weighted by molar-refractivity contribution is 5.87. The van der Waals surface area contributed by atoms with Crippen LogP contribution in [-0.4, -0.2) is 63.2 Å². The first-order valence-electron chi connectivity index (χ1n) is 11.9. The summed E-state index contributed by atoms with van der Waals surface area (Å²) in [6.07, 6.45) is 0. The molecule has 0 unspecified atom stereocenters. The van der Waals surface area contributed by atoms with Gasteiger partial charge in [-0.2, -0.15) is 0 Å². The number of nitrogens with one attached hydrogen (secondary N) is 2. The third-order valence-electron chi connectivity index (χ3n) is 6.23. The summed E-state index contributed by atoms with van der Waals surface area (Å²) in [6.45, 7) is 8.26. The standard InChI is InChI=1S/C25H24N6O.C2H6/c1-30-10-12-31(13-11-30)18-5-9-21-23(15-18)29-25(27-21)17-4-8-20-22(14-17)28-24(26-20)16-2-6-19(32)7-3-16;1-2/h2-9,14-15,32H,10-13H2,1H3,(H,26,28)(H,27,29);1-2H3. The van der Waals surface area contributed by atoms with Gasteiger partial charge in [-0.05, 0) is 67.7 Å². The number of fused-ring (bicyclic) bond motifs is 2. The third-order valence-corrected chi connectivity index (χ3v) is 6.23. The summed E-state index contributed by atoms with van der Waals surface area (Å²) in [7, 11) is 2.17. The number of hydrogen-bond donors (Lipinski definition) is 3. The maximum atomic E-state index is 9.52. The van der Waals surface area contributed by atoms with Gasteiger partial charge >= 0.3 is 0 Å². The molecular formula is C27H30N6O. The SMILES string of the molecule is CC.CN1CCN(c2ccc3nc(-c4ccc5nc(-c6ccc(O)cc6)[nH]c5c4)[nH]c3c2)CC1. The van der Waals surface area contributed by atoms with Gasteiger partial charge in [0.2, 0.25) is 0 Å². The topological polar surface area (TPSA) is 84.1 Å². The number of imidazole rings is 2. The fourth-order valence-electron chi connectivity index (χ4n) is 4.31. The Morgan fingerprint density at radius 1 is 0.706 bits per heavy atom. The number of hydrogen-bond acceptors (Lipinski definition) is 5. The summed E-state index contributed by atoms with van der Waals surface area (Å²) in [4.78, 5) is 21.2. The van der Waals surface area contributed by atoms with E-state index in [9.17, 15) is 5.11 Å².